The van der Waals surface area contributed by atoms with Gasteiger partial charge in [-0.05, 0) is 42.7 Å². The van der Waals surface area contributed by atoms with Gasteiger partial charge in [-0.15, -0.1) is 0 Å². The van der Waals surface area contributed by atoms with E-state index in [-0.39, 0.29) is 38.4 Å². The van der Waals surface area contributed by atoms with Gasteiger partial charge in [0.1, 0.15) is 18.5 Å². The summed E-state index contributed by atoms with van der Waals surface area (Å²) in [4.78, 5) is 30.6. The quantitative estimate of drug-likeness (QED) is 0.291. The molecule has 0 spiro atoms. The number of aromatic nitrogens is 1. The fraction of sp³-hybridized carbons (Fsp3) is 0.424. The Morgan fingerprint density at radius 2 is 1.93 bits per heavy atom. The molecule has 0 aliphatic carbocycles. The minimum absolute atomic E-state index is 0.0745. The molecule has 10 nitrogen and oxygen atoms in total. The van der Waals surface area contributed by atoms with E-state index in [1.807, 2.05) is 71.4 Å². The largest absolute Gasteiger partial charge is 0.493 e. The molecular formula is C33H40N3O7+. The van der Waals surface area contributed by atoms with E-state index in [2.05, 4.69) is 6.92 Å². The molecular weight excluding hydrogens is 550 g/mol. The van der Waals surface area contributed by atoms with Gasteiger partial charge in [0, 0.05) is 36.7 Å². The van der Waals surface area contributed by atoms with Gasteiger partial charge in [0.25, 0.3) is 0 Å². The van der Waals surface area contributed by atoms with Gasteiger partial charge in [0.05, 0.1) is 25.7 Å². The number of fused-ring (bicyclic) bond motifs is 1. The molecule has 228 valence electrons. The number of likely N-dealkylation sites (tertiary alicyclic amines) is 1. The lowest BCUT2D eigenvalue weighted by Gasteiger charge is -2.29. The van der Waals surface area contributed by atoms with Gasteiger partial charge in [0.15, 0.2) is 23.9 Å². The summed E-state index contributed by atoms with van der Waals surface area (Å²) in [7, 11) is 1.92. The number of carbonyl (C=O) groups excluding carboxylic acids is 1. The summed E-state index contributed by atoms with van der Waals surface area (Å²) in [5.74, 6) is -0.345. The minimum atomic E-state index is -0.920. The number of carbonyl (C=O) groups is 2. The van der Waals surface area contributed by atoms with Crippen LogP contribution in [-0.2, 0) is 23.2 Å². The zero-order valence-electron chi connectivity index (χ0n) is 24.7. The number of anilines is 1. The number of carboxylic acids is 1. The van der Waals surface area contributed by atoms with Crippen LogP contribution in [-0.4, -0.2) is 66.1 Å². The predicted octanol–water partition coefficient (Wildman–Crippen LogP) is 3.50. The number of pyridine rings is 1. The van der Waals surface area contributed by atoms with Gasteiger partial charge in [-0.25, -0.2) is 4.57 Å². The van der Waals surface area contributed by atoms with Crippen molar-refractivity contribution >= 4 is 17.6 Å². The van der Waals surface area contributed by atoms with Gasteiger partial charge in [-0.3, -0.25) is 14.5 Å². The summed E-state index contributed by atoms with van der Waals surface area (Å²) in [5.41, 5.74) is 2.31. The highest BCUT2D eigenvalue weighted by molar-refractivity contribution is 5.94. The third kappa shape index (κ3) is 6.92. The summed E-state index contributed by atoms with van der Waals surface area (Å²) in [6, 6.07) is 16.2. The summed E-state index contributed by atoms with van der Waals surface area (Å²) >= 11 is 0. The number of hydrogen-bond donors (Lipinski definition) is 2. The number of aliphatic carboxylic acids is 1. The van der Waals surface area contributed by atoms with Crippen LogP contribution in [0.3, 0.4) is 0 Å². The molecule has 2 aliphatic heterocycles. The molecule has 2 aliphatic rings. The van der Waals surface area contributed by atoms with Gasteiger partial charge < -0.3 is 29.3 Å². The zero-order chi connectivity index (χ0) is 30.3. The maximum Gasteiger partial charge on any atom is 0.308 e. The molecule has 0 radical (unpaired) electrons. The first kappa shape index (κ1) is 30.3. The van der Waals surface area contributed by atoms with E-state index in [1.54, 1.807) is 17.0 Å². The second-order valence-corrected chi connectivity index (χ2v) is 11.1. The maximum atomic E-state index is 13.9. The monoisotopic (exact) mass is 590 g/mol. The summed E-state index contributed by atoms with van der Waals surface area (Å²) < 4.78 is 19.0. The fourth-order valence-electron chi connectivity index (χ4n) is 6.10. The van der Waals surface area contributed by atoms with E-state index in [4.69, 9.17) is 14.2 Å². The number of nitrogens with zero attached hydrogens (tertiary/aromatic N) is 3. The zero-order valence-corrected chi connectivity index (χ0v) is 24.7. The molecule has 3 heterocycles. The van der Waals surface area contributed by atoms with E-state index in [1.165, 1.54) is 0 Å². The van der Waals surface area contributed by atoms with Crippen molar-refractivity contribution in [2.45, 2.75) is 44.8 Å². The third-order valence-corrected chi connectivity index (χ3v) is 8.28. The van der Waals surface area contributed by atoms with Crippen molar-refractivity contribution in [1.82, 2.24) is 4.90 Å². The van der Waals surface area contributed by atoms with E-state index in [9.17, 15) is 19.8 Å². The summed E-state index contributed by atoms with van der Waals surface area (Å²) in [6.45, 7) is 3.34. The van der Waals surface area contributed by atoms with E-state index in [0.29, 0.717) is 42.3 Å². The number of aryl methyl sites for hydroxylation is 1. The van der Waals surface area contributed by atoms with Crippen molar-refractivity contribution in [3.8, 4) is 17.2 Å². The highest BCUT2D eigenvalue weighted by atomic mass is 16.7. The molecule has 43 heavy (non-hydrogen) atoms. The van der Waals surface area contributed by atoms with Crippen LogP contribution in [0.2, 0.25) is 0 Å². The first-order chi connectivity index (χ1) is 20.9. The van der Waals surface area contributed by atoms with E-state index in [0.717, 1.165) is 24.1 Å². The normalized spacial score (nSPS) is 19.4. The van der Waals surface area contributed by atoms with Crippen molar-refractivity contribution in [2.75, 3.05) is 37.9 Å². The molecule has 3 atom stereocenters. The number of rotatable bonds is 13. The number of para-hydroxylation sites is 1. The number of aliphatic hydroxyl groups excluding tert-OH is 1. The molecule has 0 bridgehead atoms. The van der Waals surface area contributed by atoms with Crippen molar-refractivity contribution in [2.24, 2.45) is 13.0 Å². The minimum Gasteiger partial charge on any atom is -0.493 e. The molecule has 1 aromatic heterocycles. The van der Waals surface area contributed by atoms with E-state index >= 15 is 0 Å². The molecule has 3 aromatic rings. The van der Waals surface area contributed by atoms with Crippen LogP contribution in [0.5, 0.6) is 17.2 Å². The van der Waals surface area contributed by atoms with Crippen LogP contribution in [0.15, 0.2) is 67.0 Å². The second kappa shape index (κ2) is 13.9. The highest BCUT2D eigenvalue weighted by Crippen LogP contribution is 2.43. The standard InChI is InChI=1S/C33H39N3O7/c1-3-4-15-36(25-9-7-14-34(2)18-25)31(38)20-35-19-26(23-11-12-29-30(17-23)43-22-42-29)32(33(39)40)27(35)13-16-41-28-10-6-5-8-24(28)21-37/h5-12,14,17-18,26-27,32,37H,3-4,13,15-16,19-22H2,1-2H3/p+1/t26-,27+,32-/m1/s1. The number of amides is 1. The van der Waals surface area contributed by atoms with Crippen LogP contribution in [0.1, 0.15) is 43.2 Å². The van der Waals surface area contributed by atoms with Gasteiger partial charge in [0.2, 0.25) is 12.7 Å². The van der Waals surface area contributed by atoms with Crippen LogP contribution >= 0.6 is 0 Å². The Bertz CT molecular complexity index is 1430. The topological polar surface area (TPSA) is 113 Å². The smallest absolute Gasteiger partial charge is 0.308 e. The Morgan fingerprint density at radius 1 is 1.12 bits per heavy atom. The number of hydrogen-bond acceptors (Lipinski definition) is 7. The van der Waals surface area contributed by atoms with Gasteiger partial charge in [-0.2, -0.15) is 0 Å². The first-order valence-electron chi connectivity index (χ1n) is 14.8. The average molecular weight is 591 g/mol. The lowest BCUT2D eigenvalue weighted by atomic mass is 9.84. The highest BCUT2D eigenvalue weighted by Gasteiger charge is 2.47. The summed E-state index contributed by atoms with van der Waals surface area (Å²) in [6.07, 6.45) is 6.03. The number of ether oxygens (including phenoxy) is 3. The van der Waals surface area contributed by atoms with Crippen molar-refractivity contribution in [3.63, 3.8) is 0 Å². The van der Waals surface area contributed by atoms with Crippen LogP contribution in [0.4, 0.5) is 5.69 Å². The molecule has 0 unspecified atom stereocenters. The molecule has 0 saturated carbocycles. The Hall–Kier alpha value is -4.15. The lowest BCUT2D eigenvalue weighted by molar-refractivity contribution is -0.670. The molecule has 2 aromatic carbocycles. The van der Waals surface area contributed by atoms with Crippen LogP contribution < -0.4 is 23.7 Å². The second-order valence-electron chi connectivity index (χ2n) is 11.1. The lowest BCUT2D eigenvalue weighted by Crippen LogP contribution is -2.45. The number of benzene rings is 2. The van der Waals surface area contributed by atoms with Gasteiger partial charge >= 0.3 is 5.97 Å². The SMILES string of the molecule is CCCCN(C(=O)CN1C[C@H](c2ccc3c(c2)OCO3)[C@@H](C(=O)O)[C@@H]1CCOc1ccccc1CO)c1ccc[n+](C)c1. The fourth-order valence-corrected chi connectivity index (χ4v) is 6.10. The number of carboxylic acid groups (broad SMARTS) is 1. The van der Waals surface area contributed by atoms with Gasteiger partial charge in [-0.1, -0.05) is 37.6 Å². The Balaban J connectivity index is 1.42. The molecule has 5 rings (SSSR count). The Morgan fingerprint density at radius 3 is 2.70 bits per heavy atom. The predicted molar refractivity (Wildman–Crippen MR) is 159 cm³/mol. The number of unbranched alkanes of at least 4 members (excludes halogenated alkanes) is 1. The molecule has 10 heteroatoms. The molecule has 1 amide bonds. The Kier molecular flexibility index (Phi) is 9.79. The Labute approximate surface area is 252 Å². The van der Waals surface area contributed by atoms with Crippen LogP contribution in [0.25, 0.3) is 0 Å². The van der Waals surface area contributed by atoms with Crippen molar-refractivity contribution in [3.05, 3.63) is 78.1 Å². The molecule has 2 N–H and O–H groups in total. The third-order valence-electron chi connectivity index (χ3n) is 8.28. The number of aliphatic hydroxyl groups is 1. The maximum absolute atomic E-state index is 13.9. The average Bonchev–Trinajstić information content (AvgIpc) is 3.62. The molecule has 1 fully saturated rings. The van der Waals surface area contributed by atoms with Crippen molar-refractivity contribution in [1.29, 1.82) is 0 Å². The summed E-state index contributed by atoms with van der Waals surface area (Å²) in [5, 5.41) is 20.2. The molecule has 1 saturated heterocycles. The van der Waals surface area contributed by atoms with Crippen LogP contribution in [0, 0.1) is 5.92 Å². The first-order valence-corrected chi connectivity index (χ1v) is 14.8. The van der Waals surface area contributed by atoms with E-state index < -0.39 is 17.9 Å². The van der Waals surface area contributed by atoms with Crippen molar-refractivity contribution < 1.29 is 38.6 Å².